The summed E-state index contributed by atoms with van der Waals surface area (Å²) in [4.78, 5) is 12.7. The summed E-state index contributed by atoms with van der Waals surface area (Å²) < 4.78 is 69.7. The molecule has 0 heterocycles. The molecule has 1 amide bonds. The Morgan fingerprint density at radius 2 is 0.730 bits per heavy atom. The van der Waals surface area contributed by atoms with E-state index >= 15 is 0 Å². The Hall–Kier alpha value is -3.14. The Morgan fingerprint density at radius 1 is 0.514 bits per heavy atom. The monoisotopic (exact) mass is 566 g/mol. The molecule has 3 aromatic rings. The molecular weight excluding hydrogens is 540 g/mol. The molecule has 0 aliphatic rings. The Balaban J connectivity index is 2.05. The van der Waals surface area contributed by atoms with Crippen LogP contribution in [0.2, 0.25) is 0 Å². The zero-order valence-electron chi connectivity index (χ0n) is 19.4. The van der Waals surface area contributed by atoms with E-state index in [4.69, 9.17) is 21.2 Å². The third-order valence-corrected chi connectivity index (χ3v) is 8.69. The van der Waals surface area contributed by atoms with Crippen molar-refractivity contribution in [1.82, 2.24) is 0 Å². The molecule has 0 aliphatic carbocycles. The van der Waals surface area contributed by atoms with Crippen LogP contribution in [0.15, 0.2) is 87.5 Å². The molecule has 0 aliphatic heterocycles. The number of carbonyl (C=O) groups excluding carboxylic acids is 1. The van der Waals surface area contributed by atoms with Crippen molar-refractivity contribution in [3.8, 4) is 0 Å². The molecule has 0 unspecified atom stereocenters. The Bertz CT molecular complexity index is 1430. The van der Waals surface area contributed by atoms with Gasteiger partial charge in [-0.15, -0.1) is 0 Å². The van der Waals surface area contributed by atoms with Crippen molar-refractivity contribution in [3.63, 3.8) is 0 Å². The normalized spacial score (nSPS) is 12.8. The number of benzene rings is 3. The molecular formula is C23H26N4O7S3. The average molecular weight is 567 g/mol. The number of sulfonamides is 3. The summed E-state index contributed by atoms with van der Waals surface area (Å²) in [5.41, 5.74) is 6.43. The fourth-order valence-corrected chi connectivity index (χ4v) is 5.56. The smallest absolute Gasteiger partial charge is 0.238 e. The first-order valence-electron chi connectivity index (χ1n) is 10.6. The fourth-order valence-electron chi connectivity index (χ4n) is 4.01. The molecule has 14 heteroatoms. The van der Waals surface area contributed by atoms with Gasteiger partial charge in [-0.1, -0.05) is 36.4 Å². The van der Waals surface area contributed by atoms with Gasteiger partial charge in [-0.2, -0.15) is 0 Å². The van der Waals surface area contributed by atoms with E-state index < -0.39 is 41.4 Å². The van der Waals surface area contributed by atoms with Crippen LogP contribution in [0.5, 0.6) is 0 Å². The Morgan fingerprint density at radius 3 is 0.892 bits per heavy atom. The van der Waals surface area contributed by atoms with Crippen LogP contribution in [0.4, 0.5) is 0 Å². The van der Waals surface area contributed by atoms with Gasteiger partial charge in [-0.3, -0.25) is 4.79 Å². The van der Waals surface area contributed by atoms with Crippen molar-refractivity contribution in [3.05, 3.63) is 89.5 Å². The van der Waals surface area contributed by atoms with Crippen molar-refractivity contribution in [2.45, 2.75) is 33.9 Å². The summed E-state index contributed by atoms with van der Waals surface area (Å²) >= 11 is 0. The first-order valence-corrected chi connectivity index (χ1v) is 15.3. The molecule has 198 valence electrons. The van der Waals surface area contributed by atoms with Gasteiger partial charge in [0, 0.05) is 0 Å². The molecule has 0 spiro atoms. The quantitative estimate of drug-likeness (QED) is 0.265. The van der Waals surface area contributed by atoms with Crippen molar-refractivity contribution in [2.75, 3.05) is 0 Å². The van der Waals surface area contributed by atoms with Gasteiger partial charge in [-0.05, 0) is 72.4 Å². The third kappa shape index (κ3) is 7.21. The highest BCUT2D eigenvalue weighted by molar-refractivity contribution is 7.89. The van der Waals surface area contributed by atoms with E-state index in [1.807, 2.05) is 0 Å². The Labute approximate surface area is 215 Å². The lowest BCUT2D eigenvalue weighted by molar-refractivity contribution is -0.127. The van der Waals surface area contributed by atoms with Crippen molar-refractivity contribution in [2.24, 2.45) is 26.6 Å². The highest BCUT2D eigenvalue weighted by Gasteiger charge is 2.37. The summed E-state index contributed by atoms with van der Waals surface area (Å²) in [6, 6.07) is 17.0. The van der Waals surface area contributed by atoms with Crippen molar-refractivity contribution >= 4 is 36.0 Å². The number of amides is 1. The second kappa shape index (κ2) is 10.3. The molecule has 0 radical (unpaired) electrons. The maximum Gasteiger partial charge on any atom is 0.238 e. The van der Waals surface area contributed by atoms with Crippen LogP contribution in [0.3, 0.4) is 0 Å². The molecule has 0 atom stereocenters. The number of nitrogens with two attached hydrogens (primary N) is 4. The maximum atomic E-state index is 13.0. The van der Waals surface area contributed by atoms with Crippen LogP contribution >= 0.6 is 0 Å². The first-order chi connectivity index (χ1) is 17.0. The van der Waals surface area contributed by atoms with Gasteiger partial charge in [0.15, 0.2) is 0 Å². The summed E-state index contributed by atoms with van der Waals surface area (Å²) in [5, 5.41) is 15.5. The van der Waals surface area contributed by atoms with Gasteiger partial charge in [0.2, 0.25) is 36.0 Å². The molecule has 0 fully saturated rings. The minimum Gasteiger partial charge on any atom is -0.369 e. The number of rotatable bonds is 10. The van der Waals surface area contributed by atoms with E-state index in [2.05, 4.69) is 0 Å². The minimum absolute atomic E-state index is 0.0844. The lowest BCUT2D eigenvalue weighted by Crippen LogP contribution is -2.43. The second-order valence-corrected chi connectivity index (χ2v) is 13.4. The molecule has 0 saturated heterocycles. The highest BCUT2D eigenvalue weighted by Crippen LogP contribution is 2.33. The van der Waals surface area contributed by atoms with E-state index in [0.717, 1.165) is 0 Å². The molecule has 3 rings (SSSR count). The molecule has 37 heavy (non-hydrogen) atoms. The van der Waals surface area contributed by atoms with E-state index in [0.29, 0.717) is 16.7 Å². The lowest BCUT2D eigenvalue weighted by Gasteiger charge is -2.31. The van der Waals surface area contributed by atoms with Gasteiger partial charge in [0.25, 0.3) is 0 Å². The van der Waals surface area contributed by atoms with E-state index in [1.54, 1.807) is 0 Å². The standard InChI is InChI=1S/C23H26N4O7S3/c24-22(28)23(13-16-1-7-19(8-2-16)35(25,29)30,14-17-3-9-20(10-4-17)36(26,31)32)15-18-5-11-21(12-6-18)37(27,33)34/h1-12H,13-15H2,(H2,24,28)(H2,25,29,30)(H2,26,31,32)(H2,27,33,34). The lowest BCUT2D eigenvalue weighted by atomic mass is 9.71. The van der Waals surface area contributed by atoms with Crippen molar-refractivity contribution < 1.29 is 30.0 Å². The topological polar surface area (TPSA) is 224 Å². The fraction of sp³-hybridized carbons (Fsp3) is 0.174. The van der Waals surface area contributed by atoms with Crippen LogP contribution in [-0.4, -0.2) is 31.2 Å². The highest BCUT2D eigenvalue weighted by atomic mass is 32.2. The zero-order valence-corrected chi connectivity index (χ0v) is 21.9. The van der Waals surface area contributed by atoms with Gasteiger partial charge >= 0.3 is 0 Å². The number of hydrogen-bond donors (Lipinski definition) is 4. The molecule has 3 aromatic carbocycles. The summed E-state index contributed by atoms with van der Waals surface area (Å²) in [6.45, 7) is 0. The summed E-state index contributed by atoms with van der Waals surface area (Å²) in [6.07, 6.45) is 0.253. The maximum absolute atomic E-state index is 13.0. The summed E-state index contributed by atoms with van der Waals surface area (Å²) in [7, 11) is -11.8. The molecule has 0 bridgehead atoms. The van der Waals surface area contributed by atoms with Gasteiger partial charge in [0.05, 0.1) is 20.1 Å². The predicted octanol–water partition coefficient (Wildman–Crippen LogP) is 0.128. The number of carbonyl (C=O) groups is 1. The SMILES string of the molecule is NC(=O)C(Cc1ccc(S(N)(=O)=O)cc1)(Cc1ccc(S(N)(=O)=O)cc1)Cc1ccc(S(N)(=O)=O)cc1. The second-order valence-electron chi connectivity index (χ2n) is 8.74. The van der Waals surface area contributed by atoms with Crippen molar-refractivity contribution in [1.29, 1.82) is 0 Å². The average Bonchev–Trinajstić information content (AvgIpc) is 2.78. The number of hydrogen-bond acceptors (Lipinski definition) is 7. The van der Waals surface area contributed by atoms with Crippen LogP contribution in [-0.2, 0) is 54.1 Å². The van der Waals surface area contributed by atoms with Gasteiger partial charge < -0.3 is 5.73 Å². The molecule has 0 saturated carbocycles. The largest absolute Gasteiger partial charge is 0.369 e. The molecule has 8 N–H and O–H groups in total. The van der Waals surface area contributed by atoms with E-state index in [9.17, 15) is 30.0 Å². The van der Waals surface area contributed by atoms with Crippen LogP contribution in [0.1, 0.15) is 16.7 Å². The van der Waals surface area contributed by atoms with Gasteiger partial charge in [0.1, 0.15) is 0 Å². The molecule has 0 aromatic heterocycles. The molecule has 11 nitrogen and oxygen atoms in total. The first kappa shape index (κ1) is 28.4. The minimum atomic E-state index is -3.92. The summed E-state index contributed by atoms with van der Waals surface area (Å²) in [5.74, 6) is -0.672. The van der Waals surface area contributed by atoms with Crippen LogP contribution in [0.25, 0.3) is 0 Å². The number of primary sulfonamides is 3. The number of primary amides is 1. The van der Waals surface area contributed by atoms with Crippen LogP contribution in [0, 0.1) is 5.41 Å². The van der Waals surface area contributed by atoms with Gasteiger partial charge in [-0.25, -0.2) is 40.7 Å². The zero-order chi connectivity index (χ0) is 27.6. The van der Waals surface area contributed by atoms with E-state index in [1.165, 1.54) is 72.8 Å². The Kier molecular flexibility index (Phi) is 7.93. The predicted molar refractivity (Wildman–Crippen MR) is 136 cm³/mol. The third-order valence-electron chi connectivity index (χ3n) is 5.91. The van der Waals surface area contributed by atoms with E-state index in [-0.39, 0.29) is 33.9 Å². The van der Waals surface area contributed by atoms with Crippen LogP contribution < -0.4 is 21.2 Å².